The van der Waals surface area contributed by atoms with Crippen LogP contribution >= 0.6 is 0 Å². The van der Waals surface area contributed by atoms with E-state index in [1.54, 1.807) is 19.1 Å². The van der Waals surface area contributed by atoms with Gasteiger partial charge in [-0.25, -0.2) is 0 Å². The predicted octanol–water partition coefficient (Wildman–Crippen LogP) is 1.53. The topological polar surface area (TPSA) is 78.6 Å². The van der Waals surface area contributed by atoms with E-state index in [-0.39, 0.29) is 16.7 Å². The number of nitro groups is 1. The summed E-state index contributed by atoms with van der Waals surface area (Å²) in [5, 5.41) is 23.2. The molecule has 1 aromatic carbocycles. The maximum atomic E-state index is 10.6. The molecule has 6 nitrogen and oxygen atoms in total. The average Bonchev–Trinajstić information content (AvgIpc) is 2.46. The number of nitrogens with zero attached hydrogens (tertiary/aromatic N) is 2. The predicted molar refractivity (Wildman–Crippen MR) is 78.0 cm³/mol. The molecule has 2 N–H and O–H groups in total. The van der Waals surface area contributed by atoms with Crippen LogP contribution in [0.3, 0.4) is 0 Å². The molecule has 20 heavy (non-hydrogen) atoms. The van der Waals surface area contributed by atoms with Crippen molar-refractivity contribution in [3.8, 4) is 0 Å². The number of anilines is 1. The molecule has 1 saturated heterocycles. The number of rotatable bonds is 5. The first-order valence-corrected chi connectivity index (χ1v) is 6.97. The van der Waals surface area contributed by atoms with Gasteiger partial charge in [-0.3, -0.25) is 10.1 Å². The summed E-state index contributed by atoms with van der Waals surface area (Å²) in [6, 6.07) is 7.16. The Balaban J connectivity index is 1.85. The summed E-state index contributed by atoms with van der Waals surface area (Å²) >= 11 is 0. The van der Waals surface area contributed by atoms with Crippen LogP contribution in [0.2, 0.25) is 0 Å². The number of nitrogens with one attached hydrogen (secondary N) is 1. The van der Waals surface area contributed by atoms with Gasteiger partial charge in [0.2, 0.25) is 0 Å². The number of non-ortho nitro benzene ring substituents is 1. The molecular weight excluding hydrogens is 258 g/mol. The van der Waals surface area contributed by atoms with E-state index < -0.39 is 0 Å². The summed E-state index contributed by atoms with van der Waals surface area (Å²) in [6.45, 7) is 4.26. The van der Waals surface area contributed by atoms with Crippen molar-refractivity contribution in [3.05, 3.63) is 34.4 Å². The van der Waals surface area contributed by atoms with Crippen LogP contribution in [-0.2, 0) is 0 Å². The monoisotopic (exact) mass is 279 g/mol. The summed E-state index contributed by atoms with van der Waals surface area (Å²) in [6.07, 6.45) is 1.72. The molecule has 1 fully saturated rings. The summed E-state index contributed by atoms with van der Waals surface area (Å²) in [5.41, 5.74) is 1.16. The lowest BCUT2D eigenvalue weighted by Gasteiger charge is -2.34. The van der Waals surface area contributed by atoms with Gasteiger partial charge in [-0.1, -0.05) is 0 Å². The normalized spacial score (nSPS) is 18.0. The molecule has 6 heteroatoms. The van der Waals surface area contributed by atoms with Gasteiger partial charge in [-0.15, -0.1) is 0 Å². The van der Waals surface area contributed by atoms with Crippen LogP contribution in [0.5, 0.6) is 0 Å². The van der Waals surface area contributed by atoms with Crippen molar-refractivity contribution >= 4 is 11.4 Å². The third-order valence-electron chi connectivity index (χ3n) is 3.62. The minimum Gasteiger partial charge on any atom is -0.392 e. The molecule has 0 aliphatic carbocycles. The third kappa shape index (κ3) is 3.91. The van der Waals surface area contributed by atoms with E-state index in [4.69, 9.17) is 0 Å². The van der Waals surface area contributed by atoms with Gasteiger partial charge in [0.15, 0.2) is 0 Å². The van der Waals surface area contributed by atoms with Gasteiger partial charge < -0.3 is 15.3 Å². The van der Waals surface area contributed by atoms with Crippen molar-refractivity contribution < 1.29 is 10.0 Å². The molecule has 1 aliphatic heterocycles. The van der Waals surface area contributed by atoms with Crippen molar-refractivity contribution in [2.45, 2.75) is 31.9 Å². The van der Waals surface area contributed by atoms with E-state index in [0.29, 0.717) is 12.6 Å². The smallest absolute Gasteiger partial charge is 0.269 e. The molecule has 1 aromatic rings. The summed E-state index contributed by atoms with van der Waals surface area (Å²) in [7, 11) is 0. The van der Waals surface area contributed by atoms with E-state index in [2.05, 4.69) is 10.2 Å². The summed E-state index contributed by atoms with van der Waals surface area (Å²) in [4.78, 5) is 12.5. The molecule has 0 aromatic heterocycles. The van der Waals surface area contributed by atoms with Gasteiger partial charge in [-0.05, 0) is 31.9 Å². The quantitative estimate of drug-likeness (QED) is 0.631. The molecule has 1 aliphatic rings. The number of nitro benzene ring substituents is 1. The largest absolute Gasteiger partial charge is 0.392 e. The van der Waals surface area contributed by atoms with E-state index in [9.17, 15) is 15.2 Å². The molecule has 0 amide bonds. The Morgan fingerprint density at radius 1 is 1.40 bits per heavy atom. The number of aliphatic hydroxyl groups is 1. The molecule has 2 rings (SSSR count). The standard InChI is InChI=1S/C14H21N3O3/c1-11(18)10-15-12-6-8-16(9-7-12)13-2-4-14(5-3-13)17(19)20/h2-5,11-12,15,18H,6-10H2,1H3. The van der Waals surface area contributed by atoms with E-state index in [0.717, 1.165) is 31.6 Å². The number of benzene rings is 1. The molecule has 1 atom stereocenters. The van der Waals surface area contributed by atoms with Crippen LogP contribution in [0, 0.1) is 10.1 Å². The van der Waals surface area contributed by atoms with Gasteiger partial charge >= 0.3 is 0 Å². The first kappa shape index (κ1) is 14.7. The Hall–Kier alpha value is -1.66. The maximum absolute atomic E-state index is 10.6. The second-order valence-electron chi connectivity index (χ2n) is 5.29. The minimum atomic E-state index is -0.379. The average molecular weight is 279 g/mol. The first-order chi connectivity index (χ1) is 9.56. The van der Waals surface area contributed by atoms with E-state index in [1.165, 1.54) is 0 Å². The van der Waals surface area contributed by atoms with Crippen LogP contribution in [0.4, 0.5) is 11.4 Å². The summed E-state index contributed by atoms with van der Waals surface area (Å²) < 4.78 is 0. The maximum Gasteiger partial charge on any atom is 0.269 e. The van der Waals surface area contributed by atoms with Gasteiger partial charge in [0.25, 0.3) is 5.69 Å². The van der Waals surface area contributed by atoms with Crippen LogP contribution in [0.1, 0.15) is 19.8 Å². The molecule has 0 bridgehead atoms. The lowest BCUT2D eigenvalue weighted by Crippen LogP contribution is -2.44. The third-order valence-corrected chi connectivity index (χ3v) is 3.62. The zero-order chi connectivity index (χ0) is 14.5. The van der Waals surface area contributed by atoms with Crippen molar-refractivity contribution in [1.82, 2.24) is 5.32 Å². The number of hydrogen-bond donors (Lipinski definition) is 2. The Morgan fingerprint density at radius 3 is 2.50 bits per heavy atom. The highest BCUT2D eigenvalue weighted by molar-refractivity contribution is 5.51. The zero-order valence-electron chi connectivity index (χ0n) is 11.7. The second kappa shape index (κ2) is 6.67. The Kier molecular flexibility index (Phi) is 4.92. The van der Waals surface area contributed by atoms with Crippen molar-refractivity contribution in [2.24, 2.45) is 0 Å². The van der Waals surface area contributed by atoms with Gasteiger partial charge in [0.05, 0.1) is 11.0 Å². The molecule has 0 spiro atoms. The van der Waals surface area contributed by atoms with Gasteiger partial charge in [0.1, 0.15) is 0 Å². The number of aliphatic hydroxyl groups excluding tert-OH is 1. The molecule has 1 heterocycles. The minimum absolute atomic E-state index is 0.127. The summed E-state index contributed by atoms with van der Waals surface area (Å²) in [5.74, 6) is 0. The second-order valence-corrected chi connectivity index (χ2v) is 5.29. The fourth-order valence-corrected chi connectivity index (χ4v) is 2.46. The van der Waals surface area contributed by atoms with E-state index in [1.807, 2.05) is 12.1 Å². The van der Waals surface area contributed by atoms with Crippen LogP contribution in [-0.4, -0.2) is 41.8 Å². The highest BCUT2D eigenvalue weighted by Crippen LogP contribution is 2.22. The van der Waals surface area contributed by atoms with Crippen molar-refractivity contribution in [2.75, 3.05) is 24.5 Å². The van der Waals surface area contributed by atoms with Crippen LogP contribution in [0.25, 0.3) is 0 Å². The Bertz CT molecular complexity index is 439. The molecule has 0 radical (unpaired) electrons. The molecule has 110 valence electrons. The number of piperidine rings is 1. The lowest BCUT2D eigenvalue weighted by atomic mass is 10.0. The zero-order valence-corrected chi connectivity index (χ0v) is 11.7. The van der Waals surface area contributed by atoms with Crippen molar-refractivity contribution in [1.29, 1.82) is 0 Å². The molecule has 0 saturated carbocycles. The van der Waals surface area contributed by atoms with Gasteiger partial charge in [-0.2, -0.15) is 0 Å². The molecular formula is C14H21N3O3. The molecule has 1 unspecified atom stereocenters. The first-order valence-electron chi connectivity index (χ1n) is 6.97. The fraction of sp³-hybridized carbons (Fsp3) is 0.571. The number of hydrogen-bond acceptors (Lipinski definition) is 5. The SMILES string of the molecule is CC(O)CNC1CCN(c2ccc([N+](=O)[O-])cc2)CC1. The van der Waals surface area contributed by atoms with Crippen LogP contribution < -0.4 is 10.2 Å². The fourth-order valence-electron chi connectivity index (χ4n) is 2.46. The van der Waals surface area contributed by atoms with Crippen LogP contribution in [0.15, 0.2) is 24.3 Å². The highest BCUT2D eigenvalue weighted by Gasteiger charge is 2.19. The van der Waals surface area contributed by atoms with Gasteiger partial charge in [0, 0.05) is 43.5 Å². The van der Waals surface area contributed by atoms with E-state index >= 15 is 0 Å². The Labute approximate surface area is 118 Å². The van der Waals surface area contributed by atoms with Crippen molar-refractivity contribution in [3.63, 3.8) is 0 Å². The highest BCUT2D eigenvalue weighted by atomic mass is 16.6. The lowest BCUT2D eigenvalue weighted by molar-refractivity contribution is -0.384. The Morgan fingerprint density at radius 2 is 2.00 bits per heavy atom.